The molecule has 0 saturated carbocycles. The highest BCUT2D eigenvalue weighted by molar-refractivity contribution is 7.99. The van der Waals surface area contributed by atoms with Gasteiger partial charge in [0.25, 0.3) is 0 Å². The number of carboxylic acids is 1. The molecule has 0 radical (unpaired) electrons. The second-order valence-corrected chi connectivity index (χ2v) is 5.55. The summed E-state index contributed by atoms with van der Waals surface area (Å²) < 4.78 is 0. The Balaban J connectivity index is 2.12. The van der Waals surface area contributed by atoms with E-state index in [0.29, 0.717) is 10.7 Å². The van der Waals surface area contributed by atoms with Crippen LogP contribution in [-0.2, 0) is 0 Å². The Morgan fingerprint density at radius 3 is 2.57 bits per heavy atom. The molecule has 0 atom stereocenters. The zero-order valence-corrected chi connectivity index (χ0v) is 12.1. The van der Waals surface area contributed by atoms with E-state index in [1.165, 1.54) is 11.8 Å². The molecule has 2 aromatic carbocycles. The number of nitrogens with zero attached hydrogens (tertiary/aromatic N) is 2. The molecule has 1 N–H and O–H groups in total. The fraction of sp³-hybridized carbons (Fsp3) is 0.0625. The van der Waals surface area contributed by atoms with Crippen LogP contribution in [-0.4, -0.2) is 21.0 Å². The topological polar surface area (TPSA) is 63.1 Å². The summed E-state index contributed by atoms with van der Waals surface area (Å²) in [6, 6.07) is 12.8. The van der Waals surface area contributed by atoms with Crippen LogP contribution in [0.25, 0.3) is 10.8 Å². The molecule has 5 heteroatoms. The van der Waals surface area contributed by atoms with Crippen molar-refractivity contribution in [3.8, 4) is 0 Å². The van der Waals surface area contributed by atoms with Crippen LogP contribution >= 0.6 is 11.8 Å². The van der Waals surface area contributed by atoms with Gasteiger partial charge in [0.2, 0.25) is 0 Å². The standard InChI is InChI=1S/C16H12N2O2S/c1-10-8-9-17-16(18-10)21-14-7-6-13(15(19)20)11-4-2-3-5-12(11)14/h2-9H,1H3,(H,19,20). The molecule has 0 aliphatic rings. The van der Waals surface area contributed by atoms with E-state index in [-0.39, 0.29) is 0 Å². The average Bonchev–Trinajstić information content (AvgIpc) is 2.47. The Morgan fingerprint density at radius 1 is 1.10 bits per heavy atom. The van der Waals surface area contributed by atoms with Gasteiger partial charge in [-0.25, -0.2) is 14.8 Å². The third-order valence-electron chi connectivity index (χ3n) is 3.09. The van der Waals surface area contributed by atoms with Crippen LogP contribution in [0.3, 0.4) is 0 Å². The molecule has 0 bridgehead atoms. The van der Waals surface area contributed by atoms with E-state index in [4.69, 9.17) is 0 Å². The monoisotopic (exact) mass is 296 g/mol. The number of benzene rings is 2. The van der Waals surface area contributed by atoms with Gasteiger partial charge in [0, 0.05) is 16.8 Å². The zero-order chi connectivity index (χ0) is 14.8. The first kappa shape index (κ1) is 13.6. The molecule has 1 aromatic heterocycles. The number of hydrogen-bond acceptors (Lipinski definition) is 4. The quantitative estimate of drug-likeness (QED) is 0.745. The zero-order valence-electron chi connectivity index (χ0n) is 11.3. The molecule has 104 valence electrons. The average molecular weight is 296 g/mol. The van der Waals surface area contributed by atoms with Crippen molar-refractivity contribution in [2.75, 3.05) is 0 Å². The molecule has 3 rings (SSSR count). The van der Waals surface area contributed by atoms with Gasteiger partial charge in [0.1, 0.15) is 0 Å². The van der Waals surface area contributed by atoms with Crippen molar-refractivity contribution in [1.82, 2.24) is 9.97 Å². The highest BCUT2D eigenvalue weighted by Crippen LogP contribution is 2.33. The van der Waals surface area contributed by atoms with Crippen molar-refractivity contribution in [3.63, 3.8) is 0 Å². The predicted molar refractivity (Wildman–Crippen MR) is 81.8 cm³/mol. The third-order valence-corrected chi connectivity index (χ3v) is 4.04. The lowest BCUT2D eigenvalue weighted by atomic mass is 10.0. The number of fused-ring (bicyclic) bond motifs is 1. The molecular formula is C16H12N2O2S. The van der Waals surface area contributed by atoms with Gasteiger partial charge in [-0.15, -0.1) is 0 Å². The summed E-state index contributed by atoms with van der Waals surface area (Å²) in [7, 11) is 0. The second kappa shape index (κ2) is 5.54. The minimum atomic E-state index is -0.922. The Bertz CT molecular complexity index is 833. The molecule has 0 aliphatic heterocycles. The third kappa shape index (κ3) is 2.73. The maximum Gasteiger partial charge on any atom is 0.336 e. The van der Waals surface area contributed by atoms with Crippen LogP contribution in [0.4, 0.5) is 0 Å². The van der Waals surface area contributed by atoms with Gasteiger partial charge in [-0.3, -0.25) is 0 Å². The minimum Gasteiger partial charge on any atom is -0.478 e. The normalized spacial score (nSPS) is 10.7. The summed E-state index contributed by atoms with van der Waals surface area (Å²) in [5.41, 5.74) is 1.21. The molecule has 0 fully saturated rings. The lowest BCUT2D eigenvalue weighted by Gasteiger charge is -2.08. The molecule has 21 heavy (non-hydrogen) atoms. The summed E-state index contributed by atoms with van der Waals surface area (Å²) in [6.07, 6.45) is 1.72. The van der Waals surface area contributed by atoms with Gasteiger partial charge in [-0.1, -0.05) is 24.3 Å². The van der Waals surface area contributed by atoms with Gasteiger partial charge in [0.15, 0.2) is 5.16 Å². The van der Waals surface area contributed by atoms with Crippen LogP contribution in [0.2, 0.25) is 0 Å². The van der Waals surface area contributed by atoms with Gasteiger partial charge < -0.3 is 5.11 Å². The van der Waals surface area contributed by atoms with Crippen molar-refractivity contribution in [2.45, 2.75) is 17.0 Å². The van der Waals surface area contributed by atoms with E-state index in [9.17, 15) is 9.90 Å². The number of aryl methyl sites for hydroxylation is 1. The SMILES string of the molecule is Cc1ccnc(Sc2ccc(C(=O)O)c3ccccc23)n1. The van der Waals surface area contributed by atoms with Gasteiger partial charge >= 0.3 is 5.97 Å². The Hall–Kier alpha value is -2.40. The Labute approximate surface area is 125 Å². The van der Waals surface area contributed by atoms with E-state index in [1.54, 1.807) is 12.3 Å². The molecule has 0 saturated heterocycles. The molecule has 4 nitrogen and oxygen atoms in total. The first-order valence-electron chi connectivity index (χ1n) is 6.38. The van der Waals surface area contributed by atoms with Gasteiger partial charge in [-0.05, 0) is 47.7 Å². The summed E-state index contributed by atoms with van der Waals surface area (Å²) in [5.74, 6) is -0.922. The Kier molecular flexibility index (Phi) is 3.58. The number of carboxylic acid groups (broad SMARTS) is 1. The molecule has 0 spiro atoms. The van der Waals surface area contributed by atoms with Crippen LogP contribution in [0.15, 0.2) is 58.7 Å². The number of carbonyl (C=O) groups is 1. The lowest BCUT2D eigenvalue weighted by molar-refractivity contribution is 0.0699. The molecule has 0 unspecified atom stereocenters. The van der Waals surface area contributed by atoms with Crippen LogP contribution < -0.4 is 0 Å². The first-order valence-corrected chi connectivity index (χ1v) is 7.19. The van der Waals surface area contributed by atoms with Gasteiger partial charge in [0.05, 0.1) is 5.56 Å². The molecule has 0 amide bonds. The smallest absolute Gasteiger partial charge is 0.336 e. The number of aromatic nitrogens is 2. The predicted octanol–water partition coefficient (Wildman–Crippen LogP) is 3.79. The van der Waals surface area contributed by atoms with Crippen LogP contribution in [0, 0.1) is 6.92 Å². The highest BCUT2D eigenvalue weighted by atomic mass is 32.2. The second-order valence-electron chi connectivity index (χ2n) is 4.54. The molecule has 1 heterocycles. The fourth-order valence-corrected chi connectivity index (χ4v) is 3.04. The molecular weight excluding hydrogens is 284 g/mol. The number of rotatable bonds is 3. The maximum atomic E-state index is 11.3. The van der Waals surface area contributed by atoms with Crippen molar-refractivity contribution in [1.29, 1.82) is 0 Å². The van der Waals surface area contributed by atoms with Crippen LogP contribution in [0.5, 0.6) is 0 Å². The summed E-state index contributed by atoms with van der Waals surface area (Å²) in [6.45, 7) is 1.91. The first-order chi connectivity index (χ1) is 10.1. The Morgan fingerprint density at radius 2 is 1.86 bits per heavy atom. The van der Waals surface area contributed by atoms with Crippen molar-refractivity contribution in [2.24, 2.45) is 0 Å². The van der Waals surface area contributed by atoms with Crippen molar-refractivity contribution < 1.29 is 9.90 Å². The highest BCUT2D eigenvalue weighted by Gasteiger charge is 2.12. The van der Waals surface area contributed by atoms with Gasteiger partial charge in [-0.2, -0.15) is 0 Å². The van der Waals surface area contributed by atoms with E-state index >= 15 is 0 Å². The summed E-state index contributed by atoms with van der Waals surface area (Å²) in [4.78, 5) is 20.8. The summed E-state index contributed by atoms with van der Waals surface area (Å²) in [5, 5.41) is 11.5. The molecule has 0 aliphatic carbocycles. The minimum absolute atomic E-state index is 0.306. The maximum absolute atomic E-state index is 11.3. The van der Waals surface area contributed by atoms with Crippen molar-refractivity contribution >= 4 is 28.5 Å². The largest absolute Gasteiger partial charge is 0.478 e. The fourth-order valence-electron chi connectivity index (χ4n) is 2.12. The van der Waals surface area contributed by atoms with E-state index in [1.807, 2.05) is 43.3 Å². The number of hydrogen-bond donors (Lipinski definition) is 1. The van der Waals surface area contributed by atoms with E-state index in [0.717, 1.165) is 21.4 Å². The van der Waals surface area contributed by atoms with E-state index in [2.05, 4.69) is 9.97 Å². The number of aromatic carboxylic acids is 1. The van der Waals surface area contributed by atoms with Crippen molar-refractivity contribution in [3.05, 3.63) is 59.9 Å². The molecule has 3 aromatic rings. The summed E-state index contributed by atoms with van der Waals surface area (Å²) >= 11 is 1.44. The van der Waals surface area contributed by atoms with E-state index < -0.39 is 5.97 Å². The van der Waals surface area contributed by atoms with Crippen LogP contribution in [0.1, 0.15) is 16.1 Å². The lowest BCUT2D eigenvalue weighted by Crippen LogP contribution is -1.98.